The Morgan fingerprint density at radius 2 is 1.69 bits per heavy atom. The van der Waals surface area contributed by atoms with Crippen LogP contribution in [0.3, 0.4) is 0 Å². The summed E-state index contributed by atoms with van der Waals surface area (Å²) in [5, 5.41) is 18.7. The quantitative estimate of drug-likeness (QED) is 0.765. The molecule has 1 rings (SSSR count). The molecule has 0 radical (unpaired) electrons. The number of rotatable bonds is 2. The van der Waals surface area contributed by atoms with Gasteiger partial charge in [-0.2, -0.15) is 0 Å². The second-order valence-electron chi connectivity index (χ2n) is 5.99. The summed E-state index contributed by atoms with van der Waals surface area (Å²) in [6.07, 6.45) is 3.92. The smallest absolute Gasteiger partial charge is 0.423 e. The van der Waals surface area contributed by atoms with Gasteiger partial charge in [0, 0.05) is 5.46 Å². The van der Waals surface area contributed by atoms with Crippen molar-refractivity contribution in [3.63, 3.8) is 0 Å². The van der Waals surface area contributed by atoms with Crippen LogP contribution in [0.25, 0.3) is 0 Å². The molecule has 0 aliphatic rings. The zero-order valence-electron chi connectivity index (χ0n) is 11.1. The number of hydrogen-bond donors (Lipinski definition) is 2. The first-order chi connectivity index (χ1) is 7.07. The molecule has 5 heteroatoms. The monoisotopic (exact) mass is 239 g/mol. The van der Waals surface area contributed by atoms with Gasteiger partial charge in [0.15, 0.2) is 8.24 Å². The molecule has 0 amide bonds. The molecule has 1 aromatic rings. The van der Waals surface area contributed by atoms with E-state index in [0.717, 1.165) is 5.56 Å². The summed E-state index contributed by atoms with van der Waals surface area (Å²) in [5.41, 5.74) is 1.56. The Bertz CT molecular complexity index is 380. The van der Waals surface area contributed by atoms with Gasteiger partial charge in [0.2, 0.25) is 0 Å². The van der Waals surface area contributed by atoms with Gasteiger partial charge in [-0.1, -0.05) is 33.9 Å². The van der Waals surface area contributed by atoms with Crippen LogP contribution in [-0.2, 0) is 0 Å². The van der Waals surface area contributed by atoms with E-state index < -0.39 is 15.4 Å². The molecule has 0 unspecified atom stereocenters. The van der Waals surface area contributed by atoms with Crippen LogP contribution >= 0.6 is 0 Å². The molecule has 90 valence electrons. The first kappa shape index (κ1) is 13.5. The van der Waals surface area contributed by atoms with Gasteiger partial charge in [-0.25, -0.2) is 0 Å². The molecular weight excluding hydrogens is 217 g/mol. The standard InChI is InChI=1S/C11H22BNO2Si/c1-9-7-13(8-10(9)12(14)15)16(5,6)11(2,3)4/h7-8,14-15H,1-6H3. The number of nitrogens with zero attached hydrogens (tertiary/aromatic N) is 1. The average molecular weight is 239 g/mol. The Morgan fingerprint density at radius 3 is 2.00 bits per heavy atom. The largest absolute Gasteiger partial charge is 0.490 e. The van der Waals surface area contributed by atoms with E-state index >= 15 is 0 Å². The Hall–Kier alpha value is -0.518. The fourth-order valence-electron chi connectivity index (χ4n) is 1.55. The van der Waals surface area contributed by atoms with Crippen molar-refractivity contribution in [3.05, 3.63) is 18.0 Å². The van der Waals surface area contributed by atoms with Crippen molar-refractivity contribution in [1.29, 1.82) is 0 Å². The van der Waals surface area contributed by atoms with E-state index in [2.05, 4.69) is 38.1 Å². The minimum atomic E-state index is -1.64. The van der Waals surface area contributed by atoms with Crippen molar-refractivity contribution in [3.8, 4) is 0 Å². The summed E-state index contributed by atoms with van der Waals surface area (Å²) in [4.78, 5) is 0. The summed E-state index contributed by atoms with van der Waals surface area (Å²) >= 11 is 0. The van der Waals surface area contributed by atoms with Crippen LogP contribution in [0.2, 0.25) is 18.1 Å². The second kappa shape index (κ2) is 4.05. The molecule has 0 atom stereocenters. The van der Waals surface area contributed by atoms with Crippen LogP contribution in [0.5, 0.6) is 0 Å². The summed E-state index contributed by atoms with van der Waals surface area (Å²) in [6.45, 7) is 13.2. The summed E-state index contributed by atoms with van der Waals surface area (Å²) < 4.78 is 2.21. The van der Waals surface area contributed by atoms with E-state index in [1.807, 2.05) is 19.3 Å². The van der Waals surface area contributed by atoms with Crippen LogP contribution < -0.4 is 5.46 Å². The molecule has 0 aliphatic carbocycles. The van der Waals surface area contributed by atoms with Gasteiger partial charge in [0.25, 0.3) is 0 Å². The van der Waals surface area contributed by atoms with Crippen molar-refractivity contribution in [2.24, 2.45) is 0 Å². The third-order valence-electron chi connectivity index (χ3n) is 3.83. The van der Waals surface area contributed by atoms with E-state index in [4.69, 9.17) is 0 Å². The third-order valence-corrected chi connectivity index (χ3v) is 9.05. The van der Waals surface area contributed by atoms with Crippen LogP contribution in [0, 0.1) is 6.92 Å². The Labute approximate surface area is 99.3 Å². The molecule has 1 heterocycles. The van der Waals surface area contributed by atoms with Crippen LogP contribution in [0.1, 0.15) is 26.3 Å². The van der Waals surface area contributed by atoms with Crippen LogP contribution in [0.15, 0.2) is 12.4 Å². The topological polar surface area (TPSA) is 45.4 Å². The van der Waals surface area contributed by atoms with E-state index in [1.54, 1.807) is 0 Å². The highest BCUT2D eigenvalue weighted by atomic mass is 28.3. The molecule has 0 bridgehead atoms. The molecule has 0 fully saturated rings. The van der Waals surface area contributed by atoms with Gasteiger partial charge >= 0.3 is 7.12 Å². The molecule has 1 aromatic heterocycles. The first-order valence-electron chi connectivity index (χ1n) is 5.62. The Kier molecular flexibility index (Phi) is 3.43. The number of aromatic nitrogens is 1. The summed E-state index contributed by atoms with van der Waals surface area (Å²) in [5.74, 6) is 0. The molecule has 0 aliphatic heterocycles. The van der Waals surface area contributed by atoms with Crippen LogP contribution in [-0.4, -0.2) is 29.6 Å². The van der Waals surface area contributed by atoms with Crippen molar-refractivity contribution < 1.29 is 10.0 Å². The van der Waals surface area contributed by atoms with Crippen molar-refractivity contribution in [1.82, 2.24) is 4.23 Å². The van der Waals surface area contributed by atoms with Gasteiger partial charge in [0.1, 0.15) is 0 Å². The Balaban J connectivity index is 3.20. The maximum atomic E-state index is 9.24. The molecule has 0 saturated heterocycles. The lowest BCUT2D eigenvalue weighted by atomic mass is 9.80. The van der Waals surface area contributed by atoms with E-state index in [1.165, 1.54) is 0 Å². The lowest BCUT2D eigenvalue weighted by Crippen LogP contribution is -2.45. The molecule has 16 heavy (non-hydrogen) atoms. The summed E-state index contributed by atoms with van der Waals surface area (Å²) in [6, 6.07) is 0. The lowest BCUT2D eigenvalue weighted by molar-refractivity contribution is 0.425. The predicted molar refractivity (Wildman–Crippen MR) is 71.6 cm³/mol. The molecule has 0 aromatic carbocycles. The molecule has 0 spiro atoms. The predicted octanol–water partition coefficient (Wildman–Crippen LogP) is 1.33. The fraction of sp³-hybridized carbons (Fsp3) is 0.636. The fourth-order valence-corrected chi connectivity index (χ4v) is 3.31. The van der Waals surface area contributed by atoms with Gasteiger partial charge in [0.05, 0.1) is 0 Å². The minimum Gasteiger partial charge on any atom is -0.423 e. The van der Waals surface area contributed by atoms with Gasteiger partial charge in [-0.3, -0.25) is 0 Å². The van der Waals surface area contributed by atoms with Gasteiger partial charge < -0.3 is 14.3 Å². The average Bonchev–Trinajstić information content (AvgIpc) is 2.45. The zero-order chi connectivity index (χ0) is 12.7. The van der Waals surface area contributed by atoms with E-state index in [9.17, 15) is 10.0 Å². The number of aryl methyl sites for hydroxylation is 1. The second-order valence-corrected chi connectivity index (χ2v) is 11.1. The zero-order valence-corrected chi connectivity index (χ0v) is 12.1. The van der Waals surface area contributed by atoms with Crippen molar-refractivity contribution in [2.45, 2.75) is 45.8 Å². The molecule has 2 N–H and O–H groups in total. The minimum absolute atomic E-state index is 0.232. The highest BCUT2D eigenvalue weighted by Crippen LogP contribution is 2.36. The third kappa shape index (κ3) is 2.26. The lowest BCUT2D eigenvalue weighted by Gasteiger charge is -2.38. The highest BCUT2D eigenvalue weighted by Gasteiger charge is 2.38. The van der Waals surface area contributed by atoms with Crippen LogP contribution in [0.4, 0.5) is 0 Å². The molecular formula is C11H22BNO2Si. The van der Waals surface area contributed by atoms with Gasteiger partial charge in [-0.05, 0) is 29.9 Å². The van der Waals surface area contributed by atoms with Crippen molar-refractivity contribution in [2.75, 3.05) is 0 Å². The first-order valence-corrected chi connectivity index (χ1v) is 8.57. The highest BCUT2D eigenvalue weighted by molar-refractivity contribution is 6.78. The molecule has 0 saturated carbocycles. The molecule has 3 nitrogen and oxygen atoms in total. The normalized spacial score (nSPS) is 13.0. The van der Waals surface area contributed by atoms with Gasteiger partial charge in [-0.15, -0.1) is 0 Å². The van der Waals surface area contributed by atoms with E-state index in [0.29, 0.717) is 5.46 Å². The maximum absolute atomic E-state index is 9.24. The van der Waals surface area contributed by atoms with E-state index in [-0.39, 0.29) is 5.04 Å². The Morgan fingerprint density at radius 1 is 1.19 bits per heavy atom. The maximum Gasteiger partial charge on any atom is 0.490 e. The SMILES string of the molecule is Cc1cn([Si](C)(C)C(C)(C)C)cc1B(O)O. The number of hydrogen-bond acceptors (Lipinski definition) is 2. The summed E-state index contributed by atoms with van der Waals surface area (Å²) in [7, 11) is -3.01. The van der Waals surface area contributed by atoms with Crippen molar-refractivity contribution >= 4 is 20.8 Å².